The fourth-order valence-electron chi connectivity index (χ4n) is 1.90. The molecule has 2 aromatic heterocycles. The van der Waals surface area contributed by atoms with Crippen molar-refractivity contribution in [3.63, 3.8) is 0 Å². The van der Waals surface area contributed by atoms with Crippen LogP contribution < -0.4 is 0 Å². The first-order valence-electron chi connectivity index (χ1n) is 6.44. The van der Waals surface area contributed by atoms with E-state index in [2.05, 4.69) is 9.97 Å². The number of rotatable bonds is 4. The third-order valence-electron chi connectivity index (χ3n) is 2.90. The van der Waals surface area contributed by atoms with Gasteiger partial charge in [0, 0.05) is 12.2 Å². The van der Waals surface area contributed by atoms with Gasteiger partial charge in [0.15, 0.2) is 0 Å². The standard InChI is InChI=1S/C15H16ClN3O/c1-3-19(10-12-7-4-6-11(2)17-12)15(20)13-8-5-9-14(16)18-13/h4-9H,3,10H2,1-2H3. The van der Waals surface area contributed by atoms with E-state index in [9.17, 15) is 4.79 Å². The second kappa shape index (κ2) is 6.48. The Hall–Kier alpha value is -1.94. The lowest BCUT2D eigenvalue weighted by atomic mass is 10.2. The van der Waals surface area contributed by atoms with Crippen LogP contribution in [-0.2, 0) is 6.54 Å². The molecule has 104 valence electrons. The van der Waals surface area contributed by atoms with Crippen LogP contribution in [0.2, 0.25) is 5.15 Å². The zero-order chi connectivity index (χ0) is 14.5. The predicted molar refractivity (Wildman–Crippen MR) is 78.6 cm³/mol. The van der Waals surface area contributed by atoms with Gasteiger partial charge in [-0.3, -0.25) is 9.78 Å². The van der Waals surface area contributed by atoms with Gasteiger partial charge in [0.1, 0.15) is 10.8 Å². The number of carbonyl (C=O) groups excluding carboxylic acids is 1. The Balaban J connectivity index is 2.18. The summed E-state index contributed by atoms with van der Waals surface area (Å²) in [4.78, 5) is 22.6. The van der Waals surface area contributed by atoms with Crippen LogP contribution in [-0.4, -0.2) is 27.3 Å². The first-order chi connectivity index (χ1) is 9.60. The first kappa shape index (κ1) is 14.5. The molecule has 0 spiro atoms. The topological polar surface area (TPSA) is 46.1 Å². The average Bonchev–Trinajstić information content (AvgIpc) is 2.44. The third kappa shape index (κ3) is 3.54. The molecule has 0 fully saturated rings. The summed E-state index contributed by atoms with van der Waals surface area (Å²) in [7, 11) is 0. The van der Waals surface area contributed by atoms with Gasteiger partial charge in [0.05, 0.1) is 12.2 Å². The molecule has 2 rings (SSSR count). The van der Waals surface area contributed by atoms with Crippen LogP contribution >= 0.6 is 11.6 Å². The minimum absolute atomic E-state index is 0.140. The van der Waals surface area contributed by atoms with Crippen LogP contribution in [0.25, 0.3) is 0 Å². The lowest BCUT2D eigenvalue weighted by molar-refractivity contribution is 0.0744. The molecule has 5 heteroatoms. The number of amides is 1. The number of carbonyl (C=O) groups is 1. The van der Waals surface area contributed by atoms with Gasteiger partial charge in [0.25, 0.3) is 5.91 Å². The Bertz CT molecular complexity index is 616. The van der Waals surface area contributed by atoms with Crippen molar-refractivity contribution in [1.29, 1.82) is 0 Å². The number of nitrogens with zero attached hydrogens (tertiary/aromatic N) is 3. The van der Waals surface area contributed by atoms with Crippen molar-refractivity contribution in [1.82, 2.24) is 14.9 Å². The second-order valence-corrected chi connectivity index (χ2v) is 4.82. The minimum atomic E-state index is -0.140. The first-order valence-corrected chi connectivity index (χ1v) is 6.82. The van der Waals surface area contributed by atoms with Crippen LogP contribution in [0.5, 0.6) is 0 Å². The van der Waals surface area contributed by atoms with Crippen LogP contribution in [0.1, 0.15) is 28.8 Å². The third-order valence-corrected chi connectivity index (χ3v) is 3.11. The molecule has 0 aliphatic carbocycles. The number of aromatic nitrogens is 2. The van der Waals surface area contributed by atoms with E-state index in [0.29, 0.717) is 23.9 Å². The van der Waals surface area contributed by atoms with Gasteiger partial charge in [-0.15, -0.1) is 0 Å². The van der Waals surface area contributed by atoms with Crippen molar-refractivity contribution in [2.75, 3.05) is 6.54 Å². The highest BCUT2D eigenvalue weighted by molar-refractivity contribution is 6.29. The van der Waals surface area contributed by atoms with E-state index in [4.69, 9.17) is 11.6 Å². The maximum absolute atomic E-state index is 12.4. The molecule has 2 heterocycles. The molecule has 0 unspecified atom stereocenters. The highest BCUT2D eigenvalue weighted by atomic mass is 35.5. The number of halogens is 1. The van der Waals surface area contributed by atoms with Crippen molar-refractivity contribution in [3.8, 4) is 0 Å². The van der Waals surface area contributed by atoms with Gasteiger partial charge in [-0.2, -0.15) is 0 Å². The van der Waals surface area contributed by atoms with Gasteiger partial charge in [-0.1, -0.05) is 23.7 Å². The van der Waals surface area contributed by atoms with Gasteiger partial charge in [-0.05, 0) is 38.1 Å². The lowest BCUT2D eigenvalue weighted by Crippen LogP contribution is -2.31. The number of hydrogen-bond acceptors (Lipinski definition) is 3. The maximum Gasteiger partial charge on any atom is 0.272 e. The van der Waals surface area contributed by atoms with Crippen molar-refractivity contribution < 1.29 is 4.79 Å². The van der Waals surface area contributed by atoms with E-state index in [0.717, 1.165) is 11.4 Å². The molecule has 4 nitrogen and oxygen atoms in total. The van der Waals surface area contributed by atoms with Crippen molar-refractivity contribution >= 4 is 17.5 Å². The highest BCUT2D eigenvalue weighted by Crippen LogP contribution is 2.10. The molecular formula is C15H16ClN3O. The molecule has 1 amide bonds. The SMILES string of the molecule is CCN(Cc1cccc(C)n1)C(=O)c1cccc(Cl)n1. The predicted octanol–water partition coefficient (Wildman–Crippen LogP) is 3.10. The Labute approximate surface area is 123 Å². The van der Waals surface area contributed by atoms with E-state index in [1.165, 1.54) is 0 Å². The summed E-state index contributed by atoms with van der Waals surface area (Å²) in [5.41, 5.74) is 2.15. The molecule has 0 aliphatic heterocycles. The zero-order valence-electron chi connectivity index (χ0n) is 11.5. The second-order valence-electron chi connectivity index (χ2n) is 4.44. The van der Waals surface area contributed by atoms with Gasteiger partial charge in [0.2, 0.25) is 0 Å². The van der Waals surface area contributed by atoms with Gasteiger partial charge < -0.3 is 4.90 Å². The average molecular weight is 290 g/mol. The summed E-state index contributed by atoms with van der Waals surface area (Å²) in [6, 6.07) is 10.8. The monoisotopic (exact) mass is 289 g/mol. The summed E-state index contributed by atoms with van der Waals surface area (Å²) < 4.78 is 0. The Morgan fingerprint density at radius 2 is 1.95 bits per heavy atom. The number of pyridine rings is 2. The summed E-state index contributed by atoms with van der Waals surface area (Å²) in [6.07, 6.45) is 0. The summed E-state index contributed by atoms with van der Waals surface area (Å²) in [5.74, 6) is -0.140. The van der Waals surface area contributed by atoms with E-state index < -0.39 is 0 Å². The Kier molecular flexibility index (Phi) is 4.69. The molecule has 0 N–H and O–H groups in total. The fourth-order valence-corrected chi connectivity index (χ4v) is 2.06. The lowest BCUT2D eigenvalue weighted by Gasteiger charge is -2.20. The Morgan fingerprint density at radius 3 is 2.60 bits per heavy atom. The van der Waals surface area contributed by atoms with E-state index in [1.807, 2.05) is 32.0 Å². The van der Waals surface area contributed by atoms with Crippen molar-refractivity contribution in [2.24, 2.45) is 0 Å². The molecular weight excluding hydrogens is 274 g/mol. The molecule has 0 saturated heterocycles. The number of hydrogen-bond donors (Lipinski definition) is 0. The normalized spacial score (nSPS) is 10.3. The Morgan fingerprint density at radius 1 is 1.20 bits per heavy atom. The van der Waals surface area contributed by atoms with E-state index >= 15 is 0 Å². The summed E-state index contributed by atoms with van der Waals surface area (Å²) in [5, 5.41) is 0.320. The van der Waals surface area contributed by atoms with Crippen molar-refractivity contribution in [2.45, 2.75) is 20.4 Å². The van der Waals surface area contributed by atoms with E-state index in [-0.39, 0.29) is 5.91 Å². The molecule has 0 aromatic carbocycles. The van der Waals surface area contributed by atoms with Crippen LogP contribution in [0.15, 0.2) is 36.4 Å². The van der Waals surface area contributed by atoms with Crippen LogP contribution in [0.4, 0.5) is 0 Å². The summed E-state index contributed by atoms with van der Waals surface area (Å²) >= 11 is 5.82. The molecule has 0 bridgehead atoms. The number of aryl methyl sites for hydroxylation is 1. The largest absolute Gasteiger partial charge is 0.332 e. The van der Waals surface area contributed by atoms with Gasteiger partial charge >= 0.3 is 0 Å². The molecule has 0 atom stereocenters. The van der Waals surface area contributed by atoms with Gasteiger partial charge in [-0.25, -0.2) is 4.98 Å². The fraction of sp³-hybridized carbons (Fsp3) is 0.267. The van der Waals surface area contributed by atoms with Crippen molar-refractivity contribution in [3.05, 3.63) is 58.6 Å². The van der Waals surface area contributed by atoms with Crippen LogP contribution in [0.3, 0.4) is 0 Å². The smallest absolute Gasteiger partial charge is 0.272 e. The molecule has 0 radical (unpaired) electrons. The molecule has 0 saturated carbocycles. The zero-order valence-corrected chi connectivity index (χ0v) is 12.3. The summed E-state index contributed by atoms with van der Waals surface area (Å²) in [6.45, 7) is 4.91. The maximum atomic E-state index is 12.4. The molecule has 20 heavy (non-hydrogen) atoms. The van der Waals surface area contributed by atoms with Crippen LogP contribution in [0, 0.1) is 6.92 Å². The quantitative estimate of drug-likeness (QED) is 0.813. The highest BCUT2D eigenvalue weighted by Gasteiger charge is 2.16. The molecule has 2 aromatic rings. The minimum Gasteiger partial charge on any atom is -0.332 e. The molecule has 0 aliphatic rings. The van der Waals surface area contributed by atoms with E-state index in [1.54, 1.807) is 23.1 Å².